The molecule has 146 valence electrons. The van der Waals surface area contributed by atoms with Crippen molar-refractivity contribution in [2.24, 2.45) is 17.3 Å². The van der Waals surface area contributed by atoms with Crippen LogP contribution < -0.4 is 0 Å². The van der Waals surface area contributed by atoms with Crippen LogP contribution in [0.1, 0.15) is 56.6 Å². The number of carbonyl (C=O) groups is 1. The van der Waals surface area contributed by atoms with Gasteiger partial charge in [-0.1, -0.05) is 36.8 Å². The molecule has 0 unspecified atom stereocenters. The molecule has 4 saturated carbocycles. The van der Waals surface area contributed by atoms with Gasteiger partial charge in [-0.05, 0) is 74.8 Å². The van der Waals surface area contributed by atoms with E-state index in [-0.39, 0.29) is 10.8 Å². The molecule has 1 saturated heterocycles. The number of carbonyl (C=O) groups excluding carboxylic acids is 1. The van der Waals surface area contributed by atoms with Gasteiger partial charge < -0.3 is 9.80 Å². The van der Waals surface area contributed by atoms with Crippen LogP contribution in [0.4, 0.5) is 0 Å². The van der Waals surface area contributed by atoms with Gasteiger partial charge in [-0.25, -0.2) is 0 Å². The van der Waals surface area contributed by atoms with Crippen molar-refractivity contribution in [2.75, 3.05) is 32.7 Å². The molecular formula is C24H34N2O. The highest BCUT2D eigenvalue weighted by Gasteiger charge is 2.61. The third-order valence-electron chi connectivity index (χ3n) is 8.29. The van der Waals surface area contributed by atoms with Crippen LogP contribution in [0.3, 0.4) is 0 Å². The zero-order valence-corrected chi connectivity index (χ0v) is 17.0. The fourth-order valence-corrected chi connectivity index (χ4v) is 7.36. The average molecular weight is 367 g/mol. The number of likely N-dealkylation sites (N-methyl/N-ethyl adjacent to an activating group) is 1. The van der Waals surface area contributed by atoms with Crippen molar-refractivity contribution in [2.45, 2.75) is 57.8 Å². The summed E-state index contributed by atoms with van der Waals surface area (Å²) in [5.41, 5.74) is 3.04. The van der Waals surface area contributed by atoms with E-state index in [1.165, 1.54) is 30.4 Å². The number of nitrogens with zero attached hydrogens (tertiary/aromatic N) is 2. The van der Waals surface area contributed by atoms with Gasteiger partial charge in [0.05, 0.1) is 5.41 Å². The molecule has 0 spiro atoms. The molecule has 6 rings (SSSR count). The Kier molecular flexibility index (Phi) is 4.16. The van der Waals surface area contributed by atoms with Gasteiger partial charge in [-0.3, -0.25) is 4.79 Å². The second kappa shape index (κ2) is 6.34. The molecule has 1 amide bonds. The van der Waals surface area contributed by atoms with Gasteiger partial charge in [0.25, 0.3) is 0 Å². The van der Waals surface area contributed by atoms with Crippen molar-refractivity contribution in [1.82, 2.24) is 9.80 Å². The Morgan fingerprint density at radius 3 is 2.22 bits per heavy atom. The number of amides is 1. The second-order valence-electron chi connectivity index (χ2n) is 10.1. The van der Waals surface area contributed by atoms with Gasteiger partial charge in [0.1, 0.15) is 0 Å². The smallest absolute Gasteiger partial charge is 0.228 e. The van der Waals surface area contributed by atoms with Crippen molar-refractivity contribution < 1.29 is 4.79 Å². The molecule has 1 aromatic rings. The lowest BCUT2D eigenvalue weighted by molar-refractivity contribution is -0.162. The summed E-state index contributed by atoms with van der Waals surface area (Å²) in [6.07, 6.45) is 7.40. The van der Waals surface area contributed by atoms with Crippen molar-refractivity contribution in [3.05, 3.63) is 35.4 Å². The molecule has 27 heavy (non-hydrogen) atoms. The highest BCUT2D eigenvalue weighted by atomic mass is 16.2. The van der Waals surface area contributed by atoms with Crippen LogP contribution in [0, 0.1) is 24.2 Å². The SMILES string of the molecule is CCN1CCN(C(=O)C23C[C@@H]4C[C@@H](C2)CC(c2ccc(C)cc2)(C4)C3)CC1. The zero-order valence-electron chi connectivity index (χ0n) is 17.0. The van der Waals surface area contributed by atoms with Crippen LogP contribution in [0.15, 0.2) is 24.3 Å². The van der Waals surface area contributed by atoms with Crippen LogP contribution in [-0.4, -0.2) is 48.4 Å². The fourth-order valence-electron chi connectivity index (χ4n) is 7.36. The summed E-state index contributed by atoms with van der Waals surface area (Å²) in [7, 11) is 0. The van der Waals surface area contributed by atoms with E-state index in [0.29, 0.717) is 5.91 Å². The van der Waals surface area contributed by atoms with Crippen molar-refractivity contribution >= 4 is 5.91 Å². The Morgan fingerprint density at radius 1 is 1.00 bits per heavy atom. The third kappa shape index (κ3) is 2.85. The lowest BCUT2D eigenvalue weighted by Gasteiger charge is -2.62. The fraction of sp³-hybridized carbons (Fsp3) is 0.708. The first-order valence-corrected chi connectivity index (χ1v) is 11.1. The monoisotopic (exact) mass is 366 g/mol. The second-order valence-corrected chi connectivity index (χ2v) is 10.1. The molecule has 4 aliphatic carbocycles. The van der Waals surface area contributed by atoms with E-state index in [1.807, 2.05) is 0 Å². The number of hydrogen-bond acceptors (Lipinski definition) is 2. The predicted octanol–water partition coefficient (Wildman–Crippen LogP) is 4.00. The minimum absolute atomic E-state index is 0.0661. The van der Waals surface area contributed by atoms with Gasteiger partial charge in [0, 0.05) is 26.2 Å². The normalized spacial score (nSPS) is 38.4. The molecule has 1 aromatic carbocycles. The molecule has 5 fully saturated rings. The quantitative estimate of drug-likeness (QED) is 0.807. The summed E-state index contributed by atoms with van der Waals surface area (Å²) in [4.78, 5) is 18.5. The topological polar surface area (TPSA) is 23.6 Å². The molecule has 1 aliphatic heterocycles. The Labute approximate surface area is 164 Å². The van der Waals surface area contributed by atoms with Crippen LogP contribution in [0.2, 0.25) is 0 Å². The van der Waals surface area contributed by atoms with Crippen molar-refractivity contribution in [3.8, 4) is 0 Å². The van der Waals surface area contributed by atoms with Gasteiger partial charge in [-0.15, -0.1) is 0 Å². The lowest BCUT2D eigenvalue weighted by atomic mass is 9.42. The predicted molar refractivity (Wildman–Crippen MR) is 109 cm³/mol. The Morgan fingerprint density at radius 2 is 1.63 bits per heavy atom. The molecular weight excluding hydrogens is 332 g/mol. The molecule has 0 aromatic heterocycles. The summed E-state index contributed by atoms with van der Waals surface area (Å²) in [6, 6.07) is 9.26. The molecule has 3 heteroatoms. The largest absolute Gasteiger partial charge is 0.340 e. The minimum atomic E-state index is -0.0661. The number of rotatable bonds is 3. The molecule has 5 aliphatic rings. The Hall–Kier alpha value is -1.35. The van der Waals surface area contributed by atoms with E-state index in [4.69, 9.17) is 0 Å². The Balaban J connectivity index is 1.43. The molecule has 0 N–H and O–H groups in total. The van der Waals surface area contributed by atoms with E-state index >= 15 is 0 Å². The molecule has 4 bridgehead atoms. The standard InChI is InChI=1S/C24H34N2O/c1-3-25-8-10-26(11-9-25)22(27)24-15-19-12-20(16-24)14-23(13-19,17-24)21-6-4-18(2)5-7-21/h4-7,19-20H,3,8-17H2,1-2H3/t19-,20-,23?,24?/m1/s1. The summed E-state index contributed by atoms with van der Waals surface area (Å²) in [5, 5.41) is 0. The van der Waals surface area contributed by atoms with Gasteiger partial charge in [0.2, 0.25) is 5.91 Å². The molecule has 3 nitrogen and oxygen atoms in total. The van der Waals surface area contributed by atoms with Gasteiger partial charge >= 0.3 is 0 Å². The number of hydrogen-bond donors (Lipinski definition) is 0. The summed E-state index contributed by atoms with van der Waals surface area (Å²) in [5.74, 6) is 2.02. The van der Waals surface area contributed by atoms with E-state index in [1.54, 1.807) is 0 Å². The van der Waals surface area contributed by atoms with Gasteiger partial charge in [0.15, 0.2) is 0 Å². The highest BCUT2D eigenvalue weighted by molar-refractivity contribution is 5.84. The number of benzene rings is 1. The molecule has 2 atom stereocenters. The van der Waals surface area contributed by atoms with Crippen LogP contribution in [0.25, 0.3) is 0 Å². The third-order valence-corrected chi connectivity index (χ3v) is 8.29. The van der Waals surface area contributed by atoms with Crippen molar-refractivity contribution in [1.29, 1.82) is 0 Å². The van der Waals surface area contributed by atoms with E-state index in [9.17, 15) is 4.79 Å². The van der Waals surface area contributed by atoms with Crippen LogP contribution in [0.5, 0.6) is 0 Å². The first-order valence-electron chi connectivity index (χ1n) is 11.1. The first-order chi connectivity index (χ1) is 13.0. The van der Waals surface area contributed by atoms with Gasteiger partial charge in [-0.2, -0.15) is 0 Å². The number of piperazine rings is 1. The maximum Gasteiger partial charge on any atom is 0.228 e. The Bertz CT molecular complexity index is 702. The van der Waals surface area contributed by atoms with E-state index < -0.39 is 0 Å². The number of aryl methyl sites for hydroxylation is 1. The summed E-state index contributed by atoms with van der Waals surface area (Å²) >= 11 is 0. The highest BCUT2D eigenvalue weighted by Crippen LogP contribution is 2.66. The zero-order chi connectivity index (χ0) is 18.6. The van der Waals surface area contributed by atoms with E-state index in [2.05, 4.69) is 47.9 Å². The van der Waals surface area contributed by atoms with Crippen LogP contribution >= 0.6 is 0 Å². The van der Waals surface area contributed by atoms with Crippen LogP contribution in [-0.2, 0) is 10.2 Å². The summed E-state index contributed by atoms with van der Waals surface area (Å²) in [6.45, 7) is 9.46. The lowest BCUT2D eigenvalue weighted by Crippen LogP contribution is -2.61. The van der Waals surface area contributed by atoms with E-state index in [0.717, 1.165) is 63.8 Å². The minimum Gasteiger partial charge on any atom is -0.340 e. The maximum atomic E-state index is 13.8. The average Bonchev–Trinajstić information content (AvgIpc) is 2.67. The molecule has 0 radical (unpaired) electrons. The maximum absolute atomic E-state index is 13.8. The first kappa shape index (κ1) is 17.7. The van der Waals surface area contributed by atoms with Crippen molar-refractivity contribution in [3.63, 3.8) is 0 Å². The molecule has 1 heterocycles. The summed E-state index contributed by atoms with van der Waals surface area (Å²) < 4.78 is 0.